The van der Waals surface area contributed by atoms with Crippen LogP contribution in [0.3, 0.4) is 0 Å². The second-order valence-corrected chi connectivity index (χ2v) is 6.48. The van der Waals surface area contributed by atoms with Crippen molar-refractivity contribution in [3.05, 3.63) is 0 Å². The van der Waals surface area contributed by atoms with Gasteiger partial charge in [-0.1, -0.05) is 13.3 Å². The first-order valence-corrected chi connectivity index (χ1v) is 7.75. The van der Waals surface area contributed by atoms with Gasteiger partial charge in [0.05, 0.1) is 6.61 Å². The van der Waals surface area contributed by atoms with Crippen molar-refractivity contribution < 1.29 is 9.90 Å². The largest absolute Gasteiger partial charge is 0.395 e. The quantitative estimate of drug-likeness (QED) is 0.778. The zero-order valence-electron chi connectivity index (χ0n) is 13.5. The molecule has 1 fully saturated rings. The molecular formula is C15H31N3O2. The fraction of sp³-hybridized carbons (Fsp3) is 0.933. The Morgan fingerprint density at radius 1 is 1.50 bits per heavy atom. The molecular weight excluding hydrogens is 254 g/mol. The van der Waals surface area contributed by atoms with Crippen LogP contribution < -0.4 is 5.32 Å². The van der Waals surface area contributed by atoms with Crippen LogP contribution in [-0.2, 0) is 0 Å². The molecule has 1 aliphatic heterocycles. The molecule has 2 N–H and O–H groups in total. The Kier molecular flexibility index (Phi) is 6.76. The first-order valence-electron chi connectivity index (χ1n) is 7.75. The maximum atomic E-state index is 11.9. The maximum absolute atomic E-state index is 11.9. The first kappa shape index (κ1) is 17.2. The summed E-state index contributed by atoms with van der Waals surface area (Å²) in [4.78, 5) is 15.9. The van der Waals surface area contributed by atoms with Gasteiger partial charge in [-0.25, -0.2) is 4.79 Å². The zero-order valence-corrected chi connectivity index (χ0v) is 13.5. The molecule has 0 aromatic carbocycles. The van der Waals surface area contributed by atoms with Gasteiger partial charge in [0, 0.05) is 32.2 Å². The third kappa shape index (κ3) is 4.94. The van der Waals surface area contributed by atoms with E-state index in [-0.39, 0.29) is 18.2 Å². The number of aliphatic hydroxyl groups is 1. The Balaban J connectivity index is 2.46. The van der Waals surface area contributed by atoms with Crippen LogP contribution >= 0.6 is 0 Å². The van der Waals surface area contributed by atoms with E-state index in [1.54, 1.807) is 7.05 Å². The van der Waals surface area contributed by atoms with Crippen LogP contribution in [0.15, 0.2) is 0 Å². The van der Waals surface area contributed by atoms with Crippen molar-refractivity contribution in [3.8, 4) is 0 Å². The molecule has 118 valence electrons. The molecule has 0 radical (unpaired) electrons. The van der Waals surface area contributed by atoms with Gasteiger partial charge in [0.1, 0.15) is 0 Å². The number of likely N-dealkylation sites (tertiary alicyclic amines) is 1. The highest BCUT2D eigenvalue weighted by molar-refractivity contribution is 5.73. The third-order valence-electron chi connectivity index (χ3n) is 4.41. The van der Waals surface area contributed by atoms with Crippen molar-refractivity contribution in [1.82, 2.24) is 15.1 Å². The molecule has 0 aromatic heterocycles. The number of likely N-dealkylation sites (N-methyl/N-ethyl adjacent to an activating group) is 1. The second kappa shape index (κ2) is 7.84. The molecule has 1 heterocycles. The highest BCUT2D eigenvalue weighted by Gasteiger charge is 2.31. The molecule has 1 unspecified atom stereocenters. The van der Waals surface area contributed by atoms with Crippen LogP contribution in [0, 0.1) is 5.92 Å². The average Bonchev–Trinajstić information content (AvgIpc) is 2.45. The van der Waals surface area contributed by atoms with Crippen molar-refractivity contribution in [2.24, 2.45) is 5.92 Å². The number of carbonyl (C=O) groups excluding carboxylic acids is 1. The number of carbonyl (C=O) groups is 1. The zero-order chi connectivity index (χ0) is 15.2. The highest BCUT2D eigenvalue weighted by atomic mass is 16.3. The summed E-state index contributed by atoms with van der Waals surface area (Å²) in [6, 6.07) is -0.115. The number of nitrogens with one attached hydrogen (secondary N) is 1. The number of nitrogens with zero attached hydrogens (tertiary/aromatic N) is 2. The minimum Gasteiger partial charge on any atom is -0.395 e. The van der Waals surface area contributed by atoms with Crippen LogP contribution in [0.2, 0.25) is 0 Å². The van der Waals surface area contributed by atoms with Crippen molar-refractivity contribution in [3.63, 3.8) is 0 Å². The van der Waals surface area contributed by atoms with Crippen LogP contribution in [-0.4, -0.2) is 66.3 Å². The number of urea groups is 1. The minimum absolute atomic E-state index is 0.00236. The lowest BCUT2D eigenvalue weighted by atomic mass is 9.91. The van der Waals surface area contributed by atoms with E-state index in [0.29, 0.717) is 13.1 Å². The number of piperidine rings is 1. The van der Waals surface area contributed by atoms with Gasteiger partial charge < -0.3 is 15.3 Å². The summed E-state index contributed by atoms with van der Waals surface area (Å²) in [5.74, 6) is 0.788. The van der Waals surface area contributed by atoms with Gasteiger partial charge in [-0.05, 0) is 39.2 Å². The predicted molar refractivity (Wildman–Crippen MR) is 81.8 cm³/mol. The Labute approximate surface area is 123 Å². The summed E-state index contributed by atoms with van der Waals surface area (Å²) in [5.41, 5.74) is -0.0243. The molecule has 0 aromatic rings. The summed E-state index contributed by atoms with van der Waals surface area (Å²) in [6.07, 6.45) is 3.81. The number of hydrogen-bond acceptors (Lipinski definition) is 3. The average molecular weight is 285 g/mol. The normalized spacial score (nSPS) is 20.8. The summed E-state index contributed by atoms with van der Waals surface area (Å²) >= 11 is 0. The molecule has 5 heteroatoms. The molecule has 0 saturated carbocycles. The van der Waals surface area contributed by atoms with E-state index in [0.717, 1.165) is 19.0 Å². The molecule has 1 saturated heterocycles. The van der Waals surface area contributed by atoms with Crippen molar-refractivity contribution in [2.75, 3.05) is 39.8 Å². The number of hydrogen-bond donors (Lipinski definition) is 2. The van der Waals surface area contributed by atoms with E-state index in [1.165, 1.54) is 24.2 Å². The number of rotatable bonds is 6. The van der Waals surface area contributed by atoms with Crippen molar-refractivity contribution >= 4 is 6.03 Å². The smallest absolute Gasteiger partial charge is 0.317 e. The summed E-state index contributed by atoms with van der Waals surface area (Å²) in [7, 11) is 1.70. The summed E-state index contributed by atoms with van der Waals surface area (Å²) in [6.45, 7) is 9.89. The van der Waals surface area contributed by atoms with Gasteiger partial charge in [-0.15, -0.1) is 0 Å². The van der Waals surface area contributed by atoms with E-state index in [1.807, 2.05) is 0 Å². The van der Waals surface area contributed by atoms with E-state index in [2.05, 4.69) is 31.0 Å². The van der Waals surface area contributed by atoms with Gasteiger partial charge in [0.15, 0.2) is 0 Å². The van der Waals surface area contributed by atoms with Crippen molar-refractivity contribution in [2.45, 2.75) is 45.6 Å². The molecule has 1 atom stereocenters. The Bertz CT molecular complexity index is 307. The van der Waals surface area contributed by atoms with Gasteiger partial charge in [0.2, 0.25) is 0 Å². The molecule has 0 bridgehead atoms. The van der Waals surface area contributed by atoms with Gasteiger partial charge in [0.25, 0.3) is 0 Å². The van der Waals surface area contributed by atoms with Crippen LogP contribution in [0.25, 0.3) is 0 Å². The predicted octanol–water partition coefficient (Wildman–Crippen LogP) is 1.52. The van der Waals surface area contributed by atoms with Crippen molar-refractivity contribution in [1.29, 1.82) is 0 Å². The van der Waals surface area contributed by atoms with Crippen LogP contribution in [0.1, 0.15) is 40.0 Å². The lowest BCUT2D eigenvalue weighted by Gasteiger charge is -2.43. The molecule has 0 spiro atoms. The van der Waals surface area contributed by atoms with Gasteiger partial charge in [-0.3, -0.25) is 4.90 Å². The third-order valence-corrected chi connectivity index (χ3v) is 4.41. The molecule has 20 heavy (non-hydrogen) atoms. The molecule has 2 amide bonds. The topological polar surface area (TPSA) is 55.8 Å². The Morgan fingerprint density at radius 3 is 2.80 bits per heavy atom. The van der Waals surface area contributed by atoms with Gasteiger partial charge in [-0.2, -0.15) is 0 Å². The monoisotopic (exact) mass is 285 g/mol. The minimum atomic E-state index is -0.115. The van der Waals surface area contributed by atoms with Crippen LogP contribution in [0.5, 0.6) is 0 Å². The van der Waals surface area contributed by atoms with Crippen LogP contribution in [0.4, 0.5) is 4.79 Å². The molecule has 1 aliphatic rings. The fourth-order valence-corrected chi connectivity index (χ4v) is 2.74. The van der Waals surface area contributed by atoms with E-state index in [4.69, 9.17) is 5.11 Å². The molecule has 1 rings (SSSR count). The van der Waals surface area contributed by atoms with E-state index >= 15 is 0 Å². The first-order chi connectivity index (χ1) is 9.40. The standard InChI is InChI=1S/C15H31N3O2/c1-5-13-7-6-8-18(11-13)15(2,3)12-16-14(20)17(4)9-10-19/h13,19H,5-12H2,1-4H3,(H,16,20). The lowest BCUT2D eigenvalue weighted by Crippen LogP contribution is -2.56. The Hall–Kier alpha value is -0.810. The maximum Gasteiger partial charge on any atom is 0.317 e. The summed E-state index contributed by atoms with van der Waals surface area (Å²) in [5, 5.41) is 11.8. The van der Waals surface area contributed by atoms with Gasteiger partial charge >= 0.3 is 6.03 Å². The highest BCUT2D eigenvalue weighted by Crippen LogP contribution is 2.25. The van der Waals surface area contributed by atoms with E-state index in [9.17, 15) is 4.79 Å². The SMILES string of the molecule is CCC1CCCN(C(C)(C)CNC(=O)N(C)CCO)C1. The fourth-order valence-electron chi connectivity index (χ4n) is 2.74. The Morgan fingerprint density at radius 2 is 2.20 bits per heavy atom. The molecule has 0 aliphatic carbocycles. The summed E-state index contributed by atoms with van der Waals surface area (Å²) < 4.78 is 0. The number of aliphatic hydroxyl groups excluding tert-OH is 1. The van der Waals surface area contributed by atoms with E-state index < -0.39 is 0 Å². The molecule has 5 nitrogen and oxygen atoms in total. The lowest BCUT2D eigenvalue weighted by molar-refractivity contribution is 0.0654. The second-order valence-electron chi connectivity index (χ2n) is 6.48. The number of amides is 2.